The third-order valence-electron chi connectivity index (χ3n) is 5.57. The molecule has 6 nitrogen and oxygen atoms in total. The Morgan fingerprint density at radius 1 is 1.10 bits per heavy atom. The van der Waals surface area contributed by atoms with Crippen LogP contribution in [0.4, 0.5) is 0 Å². The zero-order valence-electron chi connectivity index (χ0n) is 16.6. The van der Waals surface area contributed by atoms with Gasteiger partial charge in [0, 0.05) is 37.0 Å². The maximum Gasteiger partial charge on any atom is 0.192 e. The number of nitrogens with one attached hydrogen (secondary N) is 1. The van der Waals surface area contributed by atoms with Crippen LogP contribution in [0, 0.1) is 0 Å². The number of benzene rings is 1. The molecule has 1 N–H and O–H groups in total. The summed E-state index contributed by atoms with van der Waals surface area (Å²) in [4.78, 5) is 6.36. The van der Waals surface area contributed by atoms with Crippen molar-refractivity contribution in [3.63, 3.8) is 0 Å². The van der Waals surface area contributed by atoms with Crippen LogP contribution in [0.2, 0.25) is 0 Å². The summed E-state index contributed by atoms with van der Waals surface area (Å²) in [6.45, 7) is 2.70. The van der Waals surface area contributed by atoms with E-state index in [1.807, 2.05) is 18.3 Å². The molecule has 0 saturated carbocycles. The minimum atomic E-state index is -3.28. The lowest BCUT2D eigenvalue weighted by Gasteiger charge is -2.32. The van der Waals surface area contributed by atoms with Crippen LogP contribution in [0.5, 0.6) is 0 Å². The van der Waals surface area contributed by atoms with E-state index >= 15 is 0 Å². The highest BCUT2D eigenvalue weighted by Crippen LogP contribution is 2.30. The van der Waals surface area contributed by atoms with E-state index in [4.69, 9.17) is 0 Å². The number of likely N-dealkylation sites (tertiary alicyclic amines) is 1. The zero-order chi connectivity index (χ0) is 20.3. The highest BCUT2D eigenvalue weighted by atomic mass is 32.2. The van der Waals surface area contributed by atoms with Crippen LogP contribution in [0.15, 0.2) is 59.9 Å². The predicted molar refractivity (Wildman–Crippen MR) is 112 cm³/mol. The van der Waals surface area contributed by atoms with E-state index in [0.717, 1.165) is 44.5 Å². The van der Waals surface area contributed by atoms with Gasteiger partial charge in [-0.25, -0.2) is 13.4 Å². The summed E-state index contributed by atoms with van der Waals surface area (Å²) in [6, 6.07) is 14.1. The molecule has 4 rings (SSSR count). The van der Waals surface area contributed by atoms with Crippen LogP contribution in [-0.2, 0) is 22.8 Å². The van der Waals surface area contributed by atoms with E-state index in [0.29, 0.717) is 5.92 Å². The van der Waals surface area contributed by atoms with Crippen molar-refractivity contribution in [3.05, 3.63) is 77.2 Å². The molecule has 1 aliphatic rings. The van der Waals surface area contributed by atoms with Crippen molar-refractivity contribution >= 4 is 9.84 Å². The highest BCUT2D eigenvalue weighted by Gasteiger charge is 2.24. The van der Waals surface area contributed by atoms with Crippen molar-refractivity contribution in [3.8, 4) is 0 Å². The number of hydrogen-bond donors (Lipinski definition) is 1. The van der Waals surface area contributed by atoms with Crippen molar-refractivity contribution in [1.29, 1.82) is 0 Å². The maximum absolute atomic E-state index is 11.7. The number of H-pyrrole nitrogens is 1. The number of sulfone groups is 1. The van der Waals surface area contributed by atoms with Crippen molar-refractivity contribution in [2.24, 2.45) is 0 Å². The number of hydrogen-bond acceptors (Lipinski definition) is 5. The molecular weight excluding hydrogens is 384 g/mol. The Hall–Kier alpha value is -2.51. The third kappa shape index (κ3) is 4.92. The van der Waals surface area contributed by atoms with Gasteiger partial charge in [0.25, 0.3) is 0 Å². The number of pyridine rings is 1. The van der Waals surface area contributed by atoms with Gasteiger partial charge in [-0.05, 0) is 54.8 Å². The lowest BCUT2D eigenvalue weighted by atomic mass is 9.89. The maximum atomic E-state index is 11.7. The second-order valence-electron chi connectivity index (χ2n) is 7.80. The standard InChI is InChI=1S/C22H26N4O2S/c1-29(27,28)21-14-18(7-10-23-21)16-26-11-8-19(9-12-26)22-20(15-24-25-22)13-17-5-3-2-4-6-17/h2-7,10,14-15,19H,8-9,11-13,16H2,1H3,(H,24,25). The molecule has 1 aliphatic heterocycles. The Balaban J connectivity index is 1.38. The van der Waals surface area contributed by atoms with Crippen LogP contribution in [0.3, 0.4) is 0 Å². The average Bonchev–Trinajstić information content (AvgIpc) is 3.17. The van der Waals surface area contributed by atoms with Gasteiger partial charge in [-0.3, -0.25) is 10.00 Å². The first kappa shape index (κ1) is 19.8. The third-order valence-corrected chi connectivity index (χ3v) is 6.55. The van der Waals surface area contributed by atoms with Crippen molar-refractivity contribution < 1.29 is 8.42 Å². The quantitative estimate of drug-likeness (QED) is 0.675. The van der Waals surface area contributed by atoms with Gasteiger partial charge in [0.1, 0.15) is 0 Å². The number of nitrogens with zero attached hydrogens (tertiary/aromatic N) is 3. The van der Waals surface area contributed by atoms with Gasteiger partial charge in [-0.15, -0.1) is 0 Å². The predicted octanol–water partition coefficient (Wildman–Crippen LogP) is 3.18. The molecule has 152 valence electrons. The Bertz CT molecular complexity index is 1060. The molecule has 0 bridgehead atoms. The molecule has 3 aromatic rings. The van der Waals surface area contributed by atoms with Crippen LogP contribution < -0.4 is 0 Å². The van der Waals surface area contributed by atoms with Gasteiger partial charge in [0.05, 0.1) is 6.20 Å². The molecule has 1 aromatic carbocycles. The Morgan fingerprint density at radius 2 is 1.86 bits per heavy atom. The van der Waals surface area contributed by atoms with Gasteiger partial charge >= 0.3 is 0 Å². The molecule has 2 aromatic heterocycles. The normalized spacial score (nSPS) is 16.2. The van der Waals surface area contributed by atoms with E-state index < -0.39 is 9.84 Å². The molecule has 0 spiro atoms. The highest BCUT2D eigenvalue weighted by molar-refractivity contribution is 7.90. The van der Waals surface area contributed by atoms with Gasteiger partial charge in [-0.1, -0.05) is 30.3 Å². The van der Waals surface area contributed by atoms with E-state index in [2.05, 4.69) is 44.3 Å². The monoisotopic (exact) mass is 410 g/mol. The van der Waals surface area contributed by atoms with E-state index in [-0.39, 0.29) is 5.03 Å². The molecule has 0 atom stereocenters. The van der Waals surface area contributed by atoms with Crippen molar-refractivity contribution in [2.45, 2.75) is 36.8 Å². The fourth-order valence-electron chi connectivity index (χ4n) is 4.02. The Kier molecular flexibility index (Phi) is 5.78. The first-order valence-electron chi connectivity index (χ1n) is 9.92. The molecule has 1 saturated heterocycles. The fraction of sp³-hybridized carbons (Fsp3) is 0.364. The SMILES string of the molecule is CS(=O)(=O)c1cc(CN2CCC(c3[nH]ncc3Cc3ccccc3)CC2)ccn1. The summed E-state index contributed by atoms with van der Waals surface area (Å²) >= 11 is 0. The number of rotatable bonds is 6. The lowest BCUT2D eigenvalue weighted by molar-refractivity contribution is 0.203. The second-order valence-corrected chi connectivity index (χ2v) is 9.76. The molecule has 0 unspecified atom stereocenters. The van der Waals surface area contributed by atoms with E-state index in [1.54, 1.807) is 12.3 Å². The Labute approximate surface area is 171 Å². The molecule has 7 heteroatoms. The molecule has 0 aliphatic carbocycles. The topological polar surface area (TPSA) is 79.0 Å². The first-order valence-corrected chi connectivity index (χ1v) is 11.8. The first-order chi connectivity index (χ1) is 14.0. The number of piperidine rings is 1. The molecule has 0 radical (unpaired) electrons. The fourth-order valence-corrected chi connectivity index (χ4v) is 4.64. The summed E-state index contributed by atoms with van der Waals surface area (Å²) in [5.74, 6) is 0.483. The minimum Gasteiger partial charge on any atom is -0.299 e. The van der Waals surface area contributed by atoms with E-state index in [9.17, 15) is 8.42 Å². The van der Waals surface area contributed by atoms with Gasteiger partial charge in [-0.2, -0.15) is 5.10 Å². The molecular formula is C22H26N4O2S. The van der Waals surface area contributed by atoms with Crippen LogP contribution >= 0.6 is 0 Å². The summed E-state index contributed by atoms with van der Waals surface area (Å²) in [5.41, 5.74) is 4.83. The number of aromatic amines is 1. The summed E-state index contributed by atoms with van der Waals surface area (Å²) < 4.78 is 23.5. The molecule has 1 fully saturated rings. The number of aromatic nitrogens is 3. The lowest BCUT2D eigenvalue weighted by Crippen LogP contribution is -2.32. The molecule has 3 heterocycles. The van der Waals surface area contributed by atoms with Gasteiger partial charge in [0.2, 0.25) is 0 Å². The largest absolute Gasteiger partial charge is 0.299 e. The van der Waals surface area contributed by atoms with Crippen LogP contribution in [-0.4, -0.2) is 47.8 Å². The Morgan fingerprint density at radius 3 is 2.59 bits per heavy atom. The van der Waals surface area contributed by atoms with E-state index in [1.165, 1.54) is 23.1 Å². The summed E-state index contributed by atoms with van der Waals surface area (Å²) in [5, 5.41) is 7.70. The summed E-state index contributed by atoms with van der Waals surface area (Å²) in [7, 11) is -3.28. The van der Waals surface area contributed by atoms with Crippen molar-refractivity contribution in [1.82, 2.24) is 20.1 Å². The van der Waals surface area contributed by atoms with Crippen LogP contribution in [0.25, 0.3) is 0 Å². The van der Waals surface area contributed by atoms with Crippen LogP contribution in [0.1, 0.15) is 41.1 Å². The summed E-state index contributed by atoms with van der Waals surface area (Å²) in [6.07, 6.45) is 7.76. The smallest absolute Gasteiger partial charge is 0.192 e. The molecule has 0 amide bonds. The van der Waals surface area contributed by atoms with Crippen molar-refractivity contribution in [2.75, 3.05) is 19.3 Å². The van der Waals surface area contributed by atoms with Gasteiger partial charge in [0.15, 0.2) is 14.9 Å². The zero-order valence-corrected chi connectivity index (χ0v) is 17.4. The average molecular weight is 411 g/mol. The van der Waals surface area contributed by atoms with Gasteiger partial charge < -0.3 is 0 Å². The minimum absolute atomic E-state index is 0.146. The second kappa shape index (κ2) is 8.47. The molecule has 29 heavy (non-hydrogen) atoms.